The molecule has 4 rings (SSSR count). The second-order valence-electron chi connectivity index (χ2n) is 7.84. The maximum absolute atomic E-state index is 13.4. The zero-order valence-corrected chi connectivity index (χ0v) is 19.1. The standard InChI is InChI=1S/C25H20F3NO4S/c1-31-20-7-4-13(9-21(20)32-2)3-5-14-10-16(14)24(34)23(29)15-6-8-19-17(11-15)18(25(26,27)28)12-22(30)33-19/h4,6-12,16,29H,3,5H2,1-2H3. The first-order valence-corrected chi connectivity index (χ1v) is 10.7. The van der Waals surface area contributed by atoms with Gasteiger partial charge in [-0.25, -0.2) is 4.79 Å². The van der Waals surface area contributed by atoms with Crippen LogP contribution >= 0.6 is 12.2 Å². The Morgan fingerprint density at radius 2 is 1.79 bits per heavy atom. The Hall–Kier alpha value is -3.46. The number of halogens is 3. The molecule has 0 amide bonds. The van der Waals surface area contributed by atoms with Gasteiger partial charge in [-0.2, -0.15) is 13.2 Å². The molecule has 0 aliphatic heterocycles. The highest BCUT2D eigenvalue weighted by molar-refractivity contribution is 7.82. The fourth-order valence-electron chi connectivity index (χ4n) is 3.82. The summed E-state index contributed by atoms with van der Waals surface area (Å²) in [6.07, 6.45) is -1.30. The van der Waals surface area contributed by atoms with Crippen molar-refractivity contribution >= 4 is 33.8 Å². The zero-order valence-electron chi connectivity index (χ0n) is 18.3. The van der Waals surface area contributed by atoms with Crippen LogP contribution in [0.25, 0.3) is 11.0 Å². The van der Waals surface area contributed by atoms with Crippen molar-refractivity contribution in [1.29, 1.82) is 5.41 Å². The first-order chi connectivity index (χ1) is 16.1. The van der Waals surface area contributed by atoms with E-state index in [1.54, 1.807) is 14.2 Å². The molecular formula is C25H20F3NO4S. The minimum Gasteiger partial charge on any atom is -0.493 e. The maximum Gasteiger partial charge on any atom is 0.417 e. The number of methoxy groups -OCH3 is 2. The third-order valence-electron chi connectivity index (χ3n) is 5.69. The number of nitrogens with one attached hydrogen (secondary N) is 1. The number of rotatable bonds is 8. The van der Waals surface area contributed by atoms with Crippen LogP contribution in [0.3, 0.4) is 0 Å². The van der Waals surface area contributed by atoms with Crippen molar-refractivity contribution in [2.45, 2.75) is 19.0 Å². The molecule has 0 saturated carbocycles. The van der Waals surface area contributed by atoms with E-state index in [-0.39, 0.29) is 28.2 Å². The third kappa shape index (κ3) is 4.75. The van der Waals surface area contributed by atoms with Crippen molar-refractivity contribution in [2.24, 2.45) is 5.92 Å². The van der Waals surface area contributed by atoms with E-state index in [1.165, 1.54) is 18.2 Å². The lowest BCUT2D eigenvalue weighted by molar-refractivity contribution is -0.136. The average Bonchev–Trinajstić information content (AvgIpc) is 3.59. The normalized spacial score (nSPS) is 15.1. The number of ether oxygens (including phenoxy) is 2. The van der Waals surface area contributed by atoms with E-state index >= 15 is 0 Å². The SMILES string of the molecule is COc1ccc(CCC2=CC2C(=S)C(=N)c2ccc3oc(=O)cc(C(F)(F)F)c3c2)cc1OC. The molecule has 34 heavy (non-hydrogen) atoms. The number of benzene rings is 2. The lowest BCUT2D eigenvalue weighted by atomic mass is 9.98. The number of thiocarbonyl (C=S) groups is 1. The summed E-state index contributed by atoms with van der Waals surface area (Å²) in [5.41, 5.74) is -0.0374. The molecule has 0 bridgehead atoms. The van der Waals surface area contributed by atoms with E-state index in [1.807, 2.05) is 24.3 Å². The predicted molar refractivity (Wildman–Crippen MR) is 126 cm³/mol. The Balaban J connectivity index is 1.46. The van der Waals surface area contributed by atoms with Crippen molar-refractivity contribution in [1.82, 2.24) is 0 Å². The van der Waals surface area contributed by atoms with Gasteiger partial charge in [-0.3, -0.25) is 5.41 Å². The molecule has 0 radical (unpaired) electrons. The molecule has 5 nitrogen and oxygen atoms in total. The topological polar surface area (TPSA) is 72.5 Å². The largest absolute Gasteiger partial charge is 0.493 e. The molecule has 0 spiro atoms. The van der Waals surface area contributed by atoms with Crippen LogP contribution < -0.4 is 15.1 Å². The van der Waals surface area contributed by atoms with Gasteiger partial charge in [-0.15, -0.1) is 0 Å². The molecule has 3 aromatic rings. The van der Waals surface area contributed by atoms with Gasteiger partial charge in [0.05, 0.1) is 30.4 Å². The molecule has 1 aliphatic rings. The van der Waals surface area contributed by atoms with Crippen LogP contribution in [-0.4, -0.2) is 24.8 Å². The molecular weight excluding hydrogens is 467 g/mol. The second-order valence-corrected chi connectivity index (χ2v) is 8.28. The van der Waals surface area contributed by atoms with E-state index in [4.69, 9.17) is 31.5 Å². The molecule has 1 aromatic heterocycles. The summed E-state index contributed by atoms with van der Waals surface area (Å²) >= 11 is 5.47. The van der Waals surface area contributed by atoms with Crippen LogP contribution in [0, 0.1) is 11.3 Å². The van der Waals surface area contributed by atoms with Crippen LogP contribution in [0.1, 0.15) is 23.1 Å². The molecule has 1 N–H and O–H groups in total. The van der Waals surface area contributed by atoms with Gasteiger partial charge in [0, 0.05) is 22.9 Å². The molecule has 176 valence electrons. The van der Waals surface area contributed by atoms with Gasteiger partial charge in [0.25, 0.3) is 0 Å². The van der Waals surface area contributed by atoms with E-state index in [9.17, 15) is 18.0 Å². The van der Waals surface area contributed by atoms with Crippen molar-refractivity contribution in [3.05, 3.63) is 81.2 Å². The van der Waals surface area contributed by atoms with Gasteiger partial charge >= 0.3 is 11.8 Å². The Bertz CT molecular complexity index is 1390. The van der Waals surface area contributed by atoms with Crippen molar-refractivity contribution in [3.8, 4) is 11.5 Å². The highest BCUT2D eigenvalue weighted by Crippen LogP contribution is 2.38. The van der Waals surface area contributed by atoms with Crippen molar-refractivity contribution < 1.29 is 27.1 Å². The molecule has 2 aromatic carbocycles. The number of fused-ring (bicyclic) bond motifs is 1. The quantitative estimate of drug-likeness (QED) is 0.189. The average molecular weight is 487 g/mol. The van der Waals surface area contributed by atoms with E-state index in [2.05, 4.69) is 0 Å². The van der Waals surface area contributed by atoms with Gasteiger partial charge in [0.2, 0.25) is 0 Å². The van der Waals surface area contributed by atoms with Crippen LogP contribution in [0.2, 0.25) is 0 Å². The third-order valence-corrected chi connectivity index (χ3v) is 6.14. The van der Waals surface area contributed by atoms with Crippen molar-refractivity contribution in [3.63, 3.8) is 0 Å². The second kappa shape index (κ2) is 9.06. The zero-order chi connectivity index (χ0) is 24.6. The molecule has 9 heteroatoms. The molecule has 0 fully saturated rings. The lowest BCUT2D eigenvalue weighted by Crippen LogP contribution is -2.16. The Morgan fingerprint density at radius 1 is 1.06 bits per heavy atom. The summed E-state index contributed by atoms with van der Waals surface area (Å²) in [5.74, 6) is 1.12. The molecule has 1 aliphatic carbocycles. The highest BCUT2D eigenvalue weighted by Gasteiger charge is 2.35. The first kappa shape index (κ1) is 23.7. The molecule has 1 atom stereocenters. The summed E-state index contributed by atoms with van der Waals surface area (Å²) in [6, 6.07) is 10.0. The summed E-state index contributed by atoms with van der Waals surface area (Å²) < 4.78 is 55.7. The summed E-state index contributed by atoms with van der Waals surface area (Å²) in [7, 11) is 3.14. The summed E-state index contributed by atoms with van der Waals surface area (Å²) in [4.78, 5) is 11.8. The fraction of sp³-hybridized carbons (Fsp3) is 0.240. The maximum atomic E-state index is 13.4. The predicted octanol–water partition coefficient (Wildman–Crippen LogP) is 5.76. The van der Waals surface area contributed by atoms with Gasteiger partial charge in [0.1, 0.15) is 5.58 Å². The smallest absolute Gasteiger partial charge is 0.417 e. The summed E-state index contributed by atoms with van der Waals surface area (Å²) in [6.45, 7) is 0. The van der Waals surface area contributed by atoms with E-state index < -0.39 is 17.4 Å². The lowest BCUT2D eigenvalue weighted by Gasteiger charge is -2.12. The first-order valence-electron chi connectivity index (χ1n) is 10.3. The van der Waals surface area contributed by atoms with Crippen LogP contribution in [0.15, 0.2) is 63.3 Å². The number of hydrogen-bond donors (Lipinski definition) is 1. The molecule has 1 heterocycles. The van der Waals surface area contributed by atoms with E-state index in [0.29, 0.717) is 22.4 Å². The number of alkyl halides is 3. The number of allylic oxidation sites excluding steroid dienone is 2. The number of hydrogen-bond acceptors (Lipinski definition) is 6. The van der Waals surface area contributed by atoms with Gasteiger partial charge in [0.15, 0.2) is 11.5 Å². The Labute approximate surface area is 198 Å². The van der Waals surface area contributed by atoms with Gasteiger partial charge in [-0.05, 0) is 48.7 Å². The fourth-order valence-corrected chi connectivity index (χ4v) is 4.16. The monoisotopic (exact) mass is 487 g/mol. The minimum absolute atomic E-state index is 0.0291. The van der Waals surface area contributed by atoms with E-state index in [0.717, 1.165) is 24.0 Å². The highest BCUT2D eigenvalue weighted by atomic mass is 32.1. The minimum atomic E-state index is -4.73. The summed E-state index contributed by atoms with van der Waals surface area (Å²) in [5, 5.41) is 8.17. The van der Waals surface area contributed by atoms with Gasteiger partial charge in [-0.1, -0.05) is 29.9 Å². The van der Waals surface area contributed by atoms with Crippen LogP contribution in [-0.2, 0) is 12.6 Å². The van der Waals surface area contributed by atoms with Crippen LogP contribution in [0.4, 0.5) is 13.2 Å². The van der Waals surface area contributed by atoms with Crippen molar-refractivity contribution in [2.75, 3.05) is 14.2 Å². The molecule has 0 saturated heterocycles. The van der Waals surface area contributed by atoms with Crippen LogP contribution in [0.5, 0.6) is 11.5 Å². The number of aryl methyl sites for hydroxylation is 1. The van der Waals surface area contributed by atoms with Gasteiger partial charge < -0.3 is 13.9 Å². The molecule has 1 unspecified atom stereocenters. The Kier molecular flexibility index (Phi) is 6.31. The Morgan fingerprint density at radius 3 is 2.47 bits per heavy atom.